The molecule has 2 aliphatic rings. The lowest BCUT2D eigenvalue weighted by atomic mass is 10.1. The molecule has 0 radical (unpaired) electrons. The van der Waals surface area contributed by atoms with Gasteiger partial charge in [0.1, 0.15) is 0 Å². The van der Waals surface area contributed by atoms with Crippen molar-refractivity contribution in [3.05, 3.63) is 0 Å². The smallest absolute Gasteiger partial charge is 0.00928 e. The quantitative estimate of drug-likeness (QED) is 0.644. The highest BCUT2D eigenvalue weighted by Gasteiger charge is 2.56. The fraction of sp³-hybridized carbons (Fsp3) is 1.00. The lowest BCUT2D eigenvalue weighted by Gasteiger charge is -2.28. The maximum atomic E-state index is 2.75. The van der Waals surface area contributed by atoms with Crippen LogP contribution in [0.4, 0.5) is 0 Å². The molecule has 2 rings (SSSR count). The molecule has 1 aliphatic carbocycles. The van der Waals surface area contributed by atoms with Gasteiger partial charge in [-0.05, 0) is 30.6 Å². The molecule has 1 saturated heterocycles. The summed E-state index contributed by atoms with van der Waals surface area (Å²) in [6.45, 7) is 9.90. The topological polar surface area (TPSA) is 3.24 Å². The summed E-state index contributed by atoms with van der Waals surface area (Å²) in [6.07, 6.45) is 5.60. The third-order valence-corrected chi connectivity index (χ3v) is 4.17. The molecule has 0 aromatic carbocycles. The molecular formula is C12H23N. The molecule has 1 saturated carbocycles. The maximum Gasteiger partial charge on any atom is 0.00928 e. The van der Waals surface area contributed by atoms with Crippen LogP contribution >= 0.6 is 0 Å². The molecule has 0 N–H and O–H groups in total. The molecule has 1 heterocycles. The molecule has 76 valence electrons. The molecule has 2 fully saturated rings. The molecule has 1 heteroatoms. The molecule has 3 atom stereocenters. The van der Waals surface area contributed by atoms with E-state index in [0.29, 0.717) is 0 Å². The van der Waals surface area contributed by atoms with E-state index in [1.807, 2.05) is 0 Å². The Labute approximate surface area is 82.5 Å². The summed E-state index contributed by atoms with van der Waals surface area (Å²) < 4.78 is 0. The molecule has 0 spiro atoms. The molecule has 13 heavy (non-hydrogen) atoms. The highest BCUT2D eigenvalue weighted by atomic mass is 15.2. The van der Waals surface area contributed by atoms with Crippen molar-refractivity contribution in [2.75, 3.05) is 13.1 Å². The first-order valence-electron chi connectivity index (χ1n) is 5.93. The third-order valence-electron chi connectivity index (χ3n) is 4.17. The maximum absolute atomic E-state index is 2.75. The highest BCUT2D eigenvalue weighted by molar-refractivity contribution is 5.08. The first-order valence-corrected chi connectivity index (χ1v) is 5.93. The number of nitrogens with zero attached hydrogens (tertiary/aromatic N) is 1. The normalized spacial score (nSPS) is 40.4. The van der Waals surface area contributed by atoms with Gasteiger partial charge in [0.05, 0.1) is 0 Å². The summed E-state index contributed by atoms with van der Waals surface area (Å²) in [5, 5.41) is 0. The SMILES string of the molecule is CCCC(CC)N1C[C@@H]2CC2(C)C1. The van der Waals surface area contributed by atoms with Crippen LogP contribution in [-0.2, 0) is 0 Å². The second-order valence-electron chi connectivity index (χ2n) is 5.34. The van der Waals surface area contributed by atoms with E-state index >= 15 is 0 Å². The fourth-order valence-corrected chi connectivity index (χ4v) is 3.05. The Hall–Kier alpha value is -0.0400. The van der Waals surface area contributed by atoms with E-state index in [9.17, 15) is 0 Å². The molecule has 2 unspecified atom stereocenters. The molecule has 0 aromatic rings. The average molecular weight is 181 g/mol. The van der Waals surface area contributed by atoms with Gasteiger partial charge in [-0.1, -0.05) is 27.2 Å². The number of rotatable bonds is 4. The van der Waals surface area contributed by atoms with Gasteiger partial charge in [-0.15, -0.1) is 0 Å². The Balaban J connectivity index is 1.87. The van der Waals surface area contributed by atoms with Crippen LogP contribution in [-0.4, -0.2) is 24.0 Å². The Bertz CT molecular complexity index is 190. The van der Waals surface area contributed by atoms with Crippen LogP contribution in [0.1, 0.15) is 46.5 Å². The largest absolute Gasteiger partial charge is 0.300 e. The zero-order valence-corrected chi connectivity index (χ0v) is 9.34. The molecule has 0 amide bonds. The molecule has 0 bridgehead atoms. The van der Waals surface area contributed by atoms with Crippen LogP contribution in [0.5, 0.6) is 0 Å². The van der Waals surface area contributed by atoms with Gasteiger partial charge in [0.15, 0.2) is 0 Å². The Morgan fingerprint density at radius 2 is 2.23 bits per heavy atom. The van der Waals surface area contributed by atoms with E-state index in [0.717, 1.165) is 17.4 Å². The van der Waals surface area contributed by atoms with Gasteiger partial charge >= 0.3 is 0 Å². The Morgan fingerprint density at radius 3 is 2.69 bits per heavy atom. The van der Waals surface area contributed by atoms with E-state index in [1.165, 1.54) is 38.8 Å². The summed E-state index contributed by atoms with van der Waals surface area (Å²) in [6, 6.07) is 0.884. The molecule has 0 aromatic heterocycles. The lowest BCUT2D eigenvalue weighted by molar-refractivity contribution is 0.191. The van der Waals surface area contributed by atoms with E-state index in [4.69, 9.17) is 0 Å². The van der Waals surface area contributed by atoms with Gasteiger partial charge in [0.25, 0.3) is 0 Å². The van der Waals surface area contributed by atoms with Gasteiger partial charge in [-0.25, -0.2) is 0 Å². The zero-order valence-electron chi connectivity index (χ0n) is 9.34. The van der Waals surface area contributed by atoms with E-state index in [-0.39, 0.29) is 0 Å². The Morgan fingerprint density at radius 1 is 1.46 bits per heavy atom. The number of hydrogen-bond acceptors (Lipinski definition) is 1. The van der Waals surface area contributed by atoms with Crippen molar-refractivity contribution in [3.8, 4) is 0 Å². The molecular weight excluding hydrogens is 158 g/mol. The van der Waals surface area contributed by atoms with E-state index in [2.05, 4.69) is 25.7 Å². The number of likely N-dealkylation sites (tertiary alicyclic amines) is 1. The summed E-state index contributed by atoms with van der Waals surface area (Å²) in [5.41, 5.74) is 0.737. The second kappa shape index (κ2) is 3.27. The van der Waals surface area contributed by atoms with Crippen LogP contribution in [0.25, 0.3) is 0 Å². The minimum atomic E-state index is 0.737. The zero-order chi connectivity index (χ0) is 9.47. The number of fused-ring (bicyclic) bond motifs is 1. The van der Waals surface area contributed by atoms with Crippen LogP contribution in [0.15, 0.2) is 0 Å². The third kappa shape index (κ3) is 1.63. The van der Waals surface area contributed by atoms with Crippen LogP contribution in [0.3, 0.4) is 0 Å². The average Bonchev–Trinajstić information content (AvgIpc) is 2.61. The summed E-state index contributed by atoms with van der Waals surface area (Å²) >= 11 is 0. The monoisotopic (exact) mass is 181 g/mol. The van der Waals surface area contributed by atoms with Crippen molar-refractivity contribution in [3.63, 3.8) is 0 Å². The summed E-state index contributed by atoms with van der Waals surface area (Å²) in [7, 11) is 0. The van der Waals surface area contributed by atoms with Crippen molar-refractivity contribution in [1.29, 1.82) is 0 Å². The van der Waals surface area contributed by atoms with Gasteiger partial charge in [0, 0.05) is 19.1 Å². The van der Waals surface area contributed by atoms with E-state index in [1.54, 1.807) is 0 Å². The minimum absolute atomic E-state index is 0.737. The number of hydrogen-bond donors (Lipinski definition) is 0. The summed E-state index contributed by atoms with van der Waals surface area (Å²) in [4.78, 5) is 2.75. The first-order chi connectivity index (χ1) is 6.19. The van der Waals surface area contributed by atoms with Crippen LogP contribution in [0.2, 0.25) is 0 Å². The van der Waals surface area contributed by atoms with Crippen molar-refractivity contribution in [2.45, 2.75) is 52.5 Å². The van der Waals surface area contributed by atoms with Crippen LogP contribution < -0.4 is 0 Å². The second-order valence-corrected chi connectivity index (χ2v) is 5.34. The lowest BCUT2D eigenvalue weighted by Crippen LogP contribution is -2.35. The first kappa shape index (κ1) is 9.51. The standard InChI is InChI=1S/C12H23N/c1-4-6-11(5-2)13-8-10-7-12(10,3)9-13/h10-11H,4-9H2,1-3H3/t10-,11?,12?/m0/s1. The van der Waals surface area contributed by atoms with Gasteiger partial charge in [-0.2, -0.15) is 0 Å². The van der Waals surface area contributed by atoms with Crippen molar-refractivity contribution in [2.24, 2.45) is 11.3 Å². The van der Waals surface area contributed by atoms with Crippen molar-refractivity contribution < 1.29 is 0 Å². The molecule has 1 nitrogen and oxygen atoms in total. The number of piperidine rings is 1. The predicted molar refractivity (Wildman–Crippen MR) is 56.8 cm³/mol. The Kier molecular flexibility index (Phi) is 2.39. The van der Waals surface area contributed by atoms with Crippen molar-refractivity contribution in [1.82, 2.24) is 4.90 Å². The van der Waals surface area contributed by atoms with E-state index < -0.39 is 0 Å². The molecule has 1 aliphatic heterocycles. The van der Waals surface area contributed by atoms with Gasteiger partial charge in [0.2, 0.25) is 0 Å². The summed E-state index contributed by atoms with van der Waals surface area (Å²) in [5.74, 6) is 1.05. The van der Waals surface area contributed by atoms with Crippen LogP contribution in [0, 0.1) is 11.3 Å². The van der Waals surface area contributed by atoms with Crippen molar-refractivity contribution >= 4 is 0 Å². The van der Waals surface area contributed by atoms with Gasteiger partial charge in [-0.3, -0.25) is 4.90 Å². The minimum Gasteiger partial charge on any atom is -0.300 e. The predicted octanol–water partition coefficient (Wildman–Crippen LogP) is 2.91. The fourth-order valence-electron chi connectivity index (χ4n) is 3.05. The van der Waals surface area contributed by atoms with Gasteiger partial charge < -0.3 is 0 Å². The highest BCUT2D eigenvalue weighted by Crippen LogP contribution is 2.57.